The van der Waals surface area contributed by atoms with Crippen molar-refractivity contribution < 1.29 is 4.79 Å². The topological polar surface area (TPSA) is 46.1 Å². The van der Waals surface area contributed by atoms with Gasteiger partial charge in [0.1, 0.15) is 6.54 Å². The molecule has 100 valence electrons. The highest BCUT2D eigenvalue weighted by Gasteiger charge is 2.06. The van der Waals surface area contributed by atoms with Crippen molar-refractivity contribution in [3.05, 3.63) is 52.8 Å². The lowest BCUT2D eigenvalue weighted by molar-refractivity contribution is -0.116. The van der Waals surface area contributed by atoms with E-state index in [4.69, 9.17) is 0 Å². The van der Waals surface area contributed by atoms with Crippen molar-refractivity contribution in [2.24, 2.45) is 0 Å². The number of carbonyl (C=O) groups excluding carboxylic acids is 1. The van der Waals surface area contributed by atoms with Crippen LogP contribution in [0.2, 0.25) is 0 Å². The Morgan fingerprint density at radius 1 is 1.26 bits per heavy atom. The molecule has 0 saturated carbocycles. The van der Waals surface area contributed by atoms with Gasteiger partial charge in [-0.2, -0.15) is 0 Å². The molecule has 4 nitrogen and oxygen atoms in total. The average Bonchev–Trinajstić information content (AvgIpc) is 2.80. The van der Waals surface area contributed by atoms with E-state index in [1.54, 1.807) is 0 Å². The van der Waals surface area contributed by atoms with E-state index in [0.717, 1.165) is 22.4 Å². The summed E-state index contributed by atoms with van der Waals surface area (Å²) >= 11 is 3.36. The van der Waals surface area contributed by atoms with Crippen molar-refractivity contribution in [3.8, 4) is 0 Å². The summed E-state index contributed by atoms with van der Waals surface area (Å²) in [5.41, 5.74) is 1.89. The van der Waals surface area contributed by atoms with Gasteiger partial charge in [0.05, 0.1) is 0 Å². The van der Waals surface area contributed by atoms with Crippen molar-refractivity contribution in [1.29, 1.82) is 0 Å². The predicted molar refractivity (Wildman–Crippen MR) is 80.0 cm³/mol. The fourth-order valence-corrected chi connectivity index (χ4v) is 2.10. The van der Waals surface area contributed by atoms with Gasteiger partial charge in [0.15, 0.2) is 0 Å². The number of benzene rings is 1. The first kappa shape index (κ1) is 13.8. The van der Waals surface area contributed by atoms with Crippen LogP contribution in [0.4, 0.5) is 5.69 Å². The number of halogens is 1. The number of amides is 1. The lowest BCUT2D eigenvalue weighted by Crippen LogP contribution is -2.20. The van der Waals surface area contributed by atoms with Gasteiger partial charge in [0.25, 0.3) is 0 Å². The number of hydrogen-bond acceptors (Lipinski definition) is 2. The summed E-state index contributed by atoms with van der Waals surface area (Å²) < 4.78 is 2.93. The molecule has 0 saturated heterocycles. The highest BCUT2D eigenvalue weighted by atomic mass is 79.9. The molecule has 0 aliphatic carbocycles. The van der Waals surface area contributed by atoms with Gasteiger partial charge < -0.3 is 15.2 Å². The molecule has 0 radical (unpaired) electrons. The standard InChI is InChI=1S/C14H16BrN3O/c1-16-9-13-3-2-8-18(13)10-14(19)17-12-6-4-11(15)5-7-12/h2-8,16H,9-10H2,1H3,(H,17,19). The number of nitrogens with one attached hydrogen (secondary N) is 2. The van der Waals surface area contributed by atoms with Crippen LogP contribution in [-0.4, -0.2) is 17.5 Å². The maximum Gasteiger partial charge on any atom is 0.244 e. The smallest absolute Gasteiger partial charge is 0.244 e. The summed E-state index contributed by atoms with van der Waals surface area (Å²) in [6.07, 6.45) is 1.91. The van der Waals surface area contributed by atoms with E-state index in [9.17, 15) is 4.79 Å². The summed E-state index contributed by atoms with van der Waals surface area (Å²) in [6, 6.07) is 11.5. The summed E-state index contributed by atoms with van der Waals surface area (Å²) in [7, 11) is 1.89. The van der Waals surface area contributed by atoms with Crippen LogP contribution in [0.1, 0.15) is 5.69 Å². The molecule has 2 aromatic rings. The Hall–Kier alpha value is -1.59. The van der Waals surface area contributed by atoms with E-state index < -0.39 is 0 Å². The molecule has 0 atom stereocenters. The SMILES string of the molecule is CNCc1cccn1CC(=O)Nc1ccc(Br)cc1. The number of carbonyl (C=O) groups is 1. The minimum atomic E-state index is -0.0316. The molecule has 5 heteroatoms. The molecule has 1 heterocycles. The van der Waals surface area contributed by atoms with Crippen molar-refractivity contribution in [3.63, 3.8) is 0 Å². The maximum absolute atomic E-state index is 12.0. The van der Waals surface area contributed by atoms with Gasteiger partial charge in [-0.3, -0.25) is 4.79 Å². The summed E-state index contributed by atoms with van der Waals surface area (Å²) in [6.45, 7) is 1.07. The Balaban J connectivity index is 1.97. The third-order valence-corrected chi connectivity index (χ3v) is 3.25. The normalized spacial score (nSPS) is 10.4. The van der Waals surface area contributed by atoms with Crippen LogP contribution in [0.25, 0.3) is 0 Å². The Bertz CT molecular complexity index is 548. The third kappa shape index (κ3) is 3.94. The molecule has 1 aromatic heterocycles. The highest BCUT2D eigenvalue weighted by Crippen LogP contribution is 2.14. The van der Waals surface area contributed by atoms with Gasteiger partial charge in [-0.15, -0.1) is 0 Å². The van der Waals surface area contributed by atoms with Gasteiger partial charge >= 0.3 is 0 Å². The fourth-order valence-electron chi connectivity index (χ4n) is 1.83. The molecular formula is C14H16BrN3O. The lowest BCUT2D eigenvalue weighted by Gasteiger charge is -2.09. The van der Waals surface area contributed by atoms with E-state index in [1.807, 2.05) is 54.2 Å². The van der Waals surface area contributed by atoms with Crippen LogP contribution in [-0.2, 0) is 17.9 Å². The van der Waals surface area contributed by atoms with Crippen LogP contribution in [0.15, 0.2) is 47.1 Å². The molecule has 0 fully saturated rings. The number of anilines is 1. The van der Waals surface area contributed by atoms with Crippen LogP contribution >= 0.6 is 15.9 Å². The number of hydrogen-bond donors (Lipinski definition) is 2. The second-order valence-electron chi connectivity index (χ2n) is 4.21. The number of nitrogens with zero attached hydrogens (tertiary/aromatic N) is 1. The van der Waals surface area contributed by atoms with Crippen LogP contribution < -0.4 is 10.6 Å². The second kappa shape index (κ2) is 6.54. The molecule has 1 amide bonds. The van der Waals surface area contributed by atoms with Crippen molar-refractivity contribution >= 4 is 27.5 Å². The molecular weight excluding hydrogens is 306 g/mol. The highest BCUT2D eigenvalue weighted by molar-refractivity contribution is 9.10. The monoisotopic (exact) mass is 321 g/mol. The quantitative estimate of drug-likeness (QED) is 0.889. The van der Waals surface area contributed by atoms with Crippen LogP contribution in [0.5, 0.6) is 0 Å². The average molecular weight is 322 g/mol. The minimum Gasteiger partial charge on any atom is -0.341 e. The Kier molecular flexibility index (Phi) is 4.76. The van der Waals surface area contributed by atoms with Gasteiger partial charge in [-0.1, -0.05) is 15.9 Å². The van der Waals surface area contributed by atoms with Gasteiger partial charge in [0, 0.05) is 28.6 Å². The van der Waals surface area contributed by atoms with Crippen molar-refractivity contribution in [2.75, 3.05) is 12.4 Å². The first-order valence-electron chi connectivity index (χ1n) is 6.03. The maximum atomic E-state index is 12.0. The molecule has 19 heavy (non-hydrogen) atoms. The van der Waals surface area contributed by atoms with Gasteiger partial charge in [-0.25, -0.2) is 0 Å². The molecule has 2 rings (SSSR count). The molecule has 0 aliphatic rings. The first-order chi connectivity index (χ1) is 9.19. The molecule has 0 aliphatic heterocycles. The summed E-state index contributed by atoms with van der Waals surface area (Å²) in [5.74, 6) is -0.0316. The molecule has 0 spiro atoms. The Morgan fingerprint density at radius 2 is 2.00 bits per heavy atom. The molecule has 2 N–H and O–H groups in total. The van der Waals surface area contributed by atoms with Crippen molar-refractivity contribution in [1.82, 2.24) is 9.88 Å². The Morgan fingerprint density at radius 3 is 2.68 bits per heavy atom. The minimum absolute atomic E-state index is 0.0316. The van der Waals surface area contributed by atoms with Gasteiger partial charge in [0.2, 0.25) is 5.91 Å². The van der Waals surface area contributed by atoms with E-state index in [0.29, 0.717) is 6.54 Å². The zero-order chi connectivity index (χ0) is 13.7. The third-order valence-electron chi connectivity index (χ3n) is 2.72. The van der Waals surface area contributed by atoms with E-state index in [1.165, 1.54) is 0 Å². The summed E-state index contributed by atoms with van der Waals surface area (Å²) in [4.78, 5) is 12.0. The van der Waals surface area contributed by atoms with Gasteiger partial charge in [-0.05, 0) is 43.4 Å². The van der Waals surface area contributed by atoms with E-state index in [-0.39, 0.29) is 5.91 Å². The zero-order valence-corrected chi connectivity index (χ0v) is 12.3. The van der Waals surface area contributed by atoms with E-state index in [2.05, 4.69) is 26.6 Å². The zero-order valence-electron chi connectivity index (χ0n) is 10.7. The van der Waals surface area contributed by atoms with Crippen LogP contribution in [0.3, 0.4) is 0 Å². The largest absolute Gasteiger partial charge is 0.341 e. The predicted octanol–water partition coefficient (Wildman–Crippen LogP) is 2.61. The Labute approximate surface area is 120 Å². The first-order valence-corrected chi connectivity index (χ1v) is 6.82. The summed E-state index contributed by atoms with van der Waals surface area (Å²) in [5, 5.41) is 5.96. The lowest BCUT2D eigenvalue weighted by atomic mass is 10.3. The molecule has 0 unspecified atom stereocenters. The van der Waals surface area contributed by atoms with E-state index >= 15 is 0 Å². The molecule has 1 aromatic carbocycles. The molecule has 0 bridgehead atoms. The second-order valence-corrected chi connectivity index (χ2v) is 5.13. The van der Waals surface area contributed by atoms with Crippen molar-refractivity contribution in [2.45, 2.75) is 13.1 Å². The number of rotatable bonds is 5. The number of aromatic nitrogens is 1. The fraction of sp³-hybridized carbons (Fsp3) is 0.214. The van der Waals surface area contributed by atoms with Crippen LogP contribution in [0, 0.1) is 0 Å².